The van der Waals surface area contributed by atoms with Gasteiger partial charge in [0, 0.05) is 38.2 Å². The van der Waals surface area contributed by atoms with Crippen LogP contribution in [-0.4, -0.2) is 60.2 Å². The van der Waals surface area contributed by atoms with E-state index in [1.807, 2.05) is 24.3 Å². The Morgan fingerprint density at radius 1 is 1.04 bits per heavy atom. The van der Waals surface area contributed by atoms with Gasteiger partial charge in [-0.05, 0) is 13.1 Å². The number of aromatic nitrogens is 3. The first-order chi connectivity index (χ1) is 12.4. The molecule has 6 nitrogen and oxygen atoms in total. The lowest BCUT2D eigenvalue weighted by molar-refractivity contribution is 0.311. The Bertz CT molecular complexity index is 760. The quantitative estimate of drug-likeness (QED) is 0.714. The zero-order valence-corrected chi connectivity index (χ0v) is 16.9. The second-order valence-corrected chi connectivity index (χ2v) is 8.43. The Morgan fingerprint density at radius 3 is 2.38 bits per heavy atom. The maximum Gasteiger partial charge on any atom is 0.250 e. The van der Waals surface area contributed by atoms with Gasteiger partial charge in [-0.1, -0.05) is 53.0 Å². The van der Waals surface area contributed by atoms with Crippen molar-refractivity contribution in [1.29, 1.82) is 0 Å². The minimum absolute atomic E-state index is 0.135. The lowest BCUT2D eigenvalue weighted by Gasteiger charge is -2.32. The molecule has 0 radical (unpaired) electrons. The molecular weight excluding hydrogens is 397 g/mol. The van der Waals surface area contributed by atoms with E-state index in [9.17, 15) is 0 Å². The van der Waals surface area contributed by atoms with Crippen LogP contribution in [0, 0.1) is 0 Å². The van der Waals surface area contributed by atoms with Crippen LogP contribution in [0.5, 0.6) is 5.75 Å². The fourth-order valence-corrected chi connectivity index (χ4v) is 3.03. The van der Waals surface area contributed by atoms with Gasteiger partial charge < -0.3 is 14.5 Å². The normalized spacial score (nSPS) is 16.0. The molecule has 1 aliphatic heterocycles. The molecular formula is C17H20Cl3N5O. The maximum atomic E-state index is 6.05. The molecule has 1 saturated heterocycles. The first-order valence-corrected chi connectivity index (χ1v) is 9.38. The fourth-order valence-electron chi connectivity index (χ4n) is 2.78. The number of nitrogens with zero attached hydrogens (tertiary/aromatic N) is 5. The summed E-state index contributed by atoms with van der Waals surface area (Å²) in [6.07, 6.45) is 0.459. The molecule has 0 bridgehead atoms. The minimum Gasteiger partial charge on any atom is -0.496 e. The summed E-state index contributed by atoms with van der Waals surface area (Å²) in [7, 11) is 3.72. The molecule has 9 heteroatoms. The molecule has 2 heterocycles. The van der Waals surface area contributed by atoms with Gasteiger partial charge in [0.25, 0.3) is 0 Å². The highest BCUT2D eigenvalue weighted by atomic mass is 35.6. The lowest BCUT2D eigenvalue weighted by Crippen LogP contribution is -2.45. The number of hydrogen-bond acceptors (Lipinski definition) is 6. The van der Waals surface area contributed by atoms with Gasteiger partial charge in [0.15, 0.2) is 5.82 Å². The Balaban J connectivity index is 1.95. The van der Waals surface area contributed by atoms with E-state index in [1.165, 1.54) is 0 Å². The van der Waals surface area contributed by atoms with E-state index < -0.39 is 3.79 Å². The summed E-state index contributed by atoms with van der Waals surface area (Å²) in [4.78, 5) is 17.7. The standard InChI is InChI=1S/C17H20Cl3N5O/c1-24-7-9-25(10-8-24)16-22-14(21-15(23-16)17(18,19)20)11-12-5-3-4-6-13(12)26-2/h3-6H,7-11H2,1-2H3. The van der Waals surface area contributed by atoms with Crippen LogP contribution in [0.25, 0.3) is 0 Å². The highest BCUT2D eigenvalue weighted by molar-refractivity contribution is 6.66. The van der Waals surface area contributed by atoms with Crippen LogP contribution < -0.4 is 9.64 Å². The number of alkyl halides is 3. The van der Waals surface area contributed by atoms with Crippen LogP contribution in [0.2, 0.25) is 0 Å². The molecule has 2 aromatic rings. The Hall–Kier alpha value is -1.34. The van der Waals surface area contributed by atoms with E-state index in [2.05, 4.69) is 31.8 Å². The number of benzene rings is 1. The number of ether oxygens (including phenoxy) is 1. The molecule has 0 N–H and O–H groups in total. The predicted molar refractivity (Wildman–Crippen MR) is 105 cm³/mol. The van der Waals surface area contributed by atoms with Crippen molar-refractivity contribution in [3.8, 4) is 5.75 Å². The highest BCUT2D eigenvalue weighted by Gasteiger charge is 2.30. The number of piperazine rings is 1. The number of anilines is 1. The minimum atomic E-state index is -1.71. The number of para-hydroxylation sites is 1. The number of rotatable bonds is 4. The zero-order valence-electron chi connectivity index (χ0n) is 14.6. The zero-order chi connectivity index (χ0) is 18.7. The summed E-state index contributed by atoms with van der Waals surface area (Å²) in [5.41, 5.74) is 0.959. The monoisotopic (exact) mass is 415 g/mol. The van der Waals surface area contributed by atoms with Gasteiger partial charge in [-0.15, -0.1) is 0 Å². The van der Waals surface area contributed by atoms with E-state index in [4.69, 9.17) is 39.5 Å². The molecule has 0 unspecified atom stereocenters. The van der Waals surface area contributed by atoms with Gasteiger partial charge in [-0.2, -0.15) is 9.97 Å². The summed E-state index contributed by atoms with van der Waals surface area (Å²) in [5, 5.41) is 0. The van der Waals surface area contributed by atoms with Crippen LogP contribution in [0.15, 0.2) is 24.3 Å². The SMILES string of the molecule is COc1ccccc1Cc1nc(N2CCN(C)CC2)nc(C(Cl)(Cl)Cl)n1. The van der Waals surface area contributed by atoms with Crippen molar-refractivity contribution in [2.75, 3.05) is 45.2 Å². The van der Waals surface area contributed by atoms with Crippen molar-refractivity contribution in [2.45, 2.75) is 10.2 Å². The Kier molecular flexibility index (Phi) is 6.07. The molecule has 3 rings (SSSR count). The van der Waals surface area contributed by atoms with Crippen molar-refractivity contribution in [3.63, 3.8) is 0 Å². The molecule has 26 heavy (non-hydrogen) atoms. The van der Waals surface area contributed by atoms with Crippen molar-refractivity contribution < 1.29 is 4.74 Å². The molecule has 0 aliphatic carbocycles. The molecule has 0 atom stereocenters. The molecule has 0 spiro atoms. The second kappa shape index (κ2) is 8.13. The first-order valence-electron chi connectivity index (χ1n) is 8.24. The molecule has 140 valence electrons. The van der Waals surface area contributed by atoms with E-state index in [-0.39, 0.29) is 5.82 Å². The summed E-state index contributed by atoms with van der Waals surface area (Å²) in [5.74, 6) is 1.99. The van der Waals surface area contributed by atoms with E-state index >= 15 is 0 Å². The molecule has 1 fully saturated rings. The van der Waals surface area contributed by atoms with Gasteiger partial charge in [-0.3, -0.25) is 0 Å². The van der Waals surface area contributed by atoms with Crippen molar-refractivity contribution in [1.82, 2.24) is 19.9 Å². The average molecular weight is 417 g/mol. The van der Waals surface area contributed by atoms with Gasteiger partial charge in [0.1, 0.15) is 11.6 Å². The third kappa shape index (κ3) is 4.68. The molecule has 0 saturated carbocycles. The Labute approximate surface area is 168 Å². The van der Waals surface area contributed by atoms with Crippen LogP contribution in [0.4, 0.5) is 5.95 Å². The lowest BCUT2D eigenvalue weighted by atomic mass is 10.1. The number of methoxy groups -OCH3 is 1. The predicted octanol–water partition coefficient (Wildman–Crippen LogP) is 3.05. The molecule has 1 aliphatic rings. The largest absolute Gasteiger partial charge is 0.496 e. The molecule has 1 aromatic heterocycles. The summed E-state index contributed by atoms with van der Waals surface area (Å²) in [6.45, 7) is 3.48. The van der Waals surface area contributed by atoms with E-state index in [0.717, 1.165) is 37.5 Å². The van der Waals surface area contributed by atoms with E-state index in [1.54, 1.807) is 7.11 Å². The number of halogens is 3. The van der Waals surface area contributed by atoms with Crippen LogP contribution >= 0.6 is 34.8 Å². The Morgan fingerprint density at radius 2 is 1.73 bits per heavy atom. The van der Waals surface area contributed by atoms with Crippen molar-refractivity contribution in [3.05, 3.63) is 41.5 Å². The van der Waals surface area contributed by atoms with Gasteiger partial charge in [0.2, 0.25) is 9.74 Å². The third-order valence-electron chi connectivity index (χ3n) is 4.25. The topological polar surface area (TPSA) is 54.4 Å². The van der Waals surface area contributed by atoms with Crippen LogP contribution in [0.3, 0.4) is 0 Å². The van der Waals surface area contributed by atoms with Gasteiger partial charge in [0.05, 0.1) is 7.11 Å². The number of hydrogen-bond donors (Lipinski definition) is 0. The average Bonchev–Trinajstić information content (AvgIpc) is 2.62. The maximum absolute atomic E-state index is 6.05. The smallest absolute Gasteiger partial charge is 0.250 e. The van der Waals surface area contributed by atoms with Crippen molar-refractivity contribution in [2.24, 2.45) is 0 Å². The molecule has 1 aromatic carbocycles. The first kappa shape index (κ1) is 19.4. The molecule has 0 amide bonds. The fraction of sp³-hybridized carbons (Fsp3) is 0.471. The number of likely N-dealkylation sites (N-methyl/N-ethyl adjacent to an activating group) is 1. The summed E-state index contributed by atoms with van der Waals surface area (Å²) < 4.78 is 3.70. The van der Waals surface area contributed by atoms with Crippen LogP contribution in [0.1, 0.15) is 17.2 Å². The summed E-state index contributed by atoms with van der Waals surface area (Å²) >= 11 is 18.2. The van der Waals surface area contributed by atoms with Gasteiger partial charge >= 0.3 is 0 Å². The van der Waals surface area contributed by atoms with Crippen LogP contribution in [-0.2, 0) is 10.2 Å². The highest BCUT2D eigenvalue weighted by Crippen LogP contribution is 2.36. The van der Waals surface area contributed by atoms with E-state index in [0.29, 0.717) is 18.2 Å². The van der Waals surface area contributed by atoms with Crippen molar-refractivity contribution >= 4 is 40.8 Å². The second-order valence-electron chi connectivity index (χ2n) is 6.15. The van der Waals surface area contributed by atoms with Gasteiger partial charge in [-0.25, -0.2) is 4.98 Å². The third-order valence-corrected chi connectivity index (χ3v) is 4.76. The summed E-state index contributed by atoms with van der Waals surface area (Å²) in [6, 6.07) is 7.72.